The van der Waals surface area contributed by atoms with Crippen LogP contribution in [0.1, 0.15) is 5.56 Å². The lowest BCUT2D eigenvalue weighted by atomic mass is 10.2. The van der Waals surface area contributed by atoms with Gasteiger partial charge in [0.05, 0.1) is 6.61 Å². The van der Waals surface area contributed by atoms with Gasteiger partial charge >= 0.3 is 0 Å². The average Bonchev–Trinajstić information content (AvgIpc) is 2.33. The van der Waals surface area contributed by atoms with Crippen LogP contribution < -0.4 is 11.1 Å². The monoisotopic (exact) mass is 236 g/mol. The van der Waals surface area contributed by atoms with Gasteiger partial charge in [-0.3, -0.25) is 4.90 Å². The third kappa shape index (κ3) is 3.66. The van der Waals surface area contributed by atoms with Crippen molar-refractivity contribution in [1.29, 1.82) is 0 Å². The molecular formula is C12H20N4O. The van der Waals surface area contributed by atoms with Gasteiger partial charge in [-0.2, -0.15) is 0 Å². The van der Waals surface area contributed by atoms with E-state index < -0.39 is 0 Å². The highest BCUT2D eigenvalue weighted by molar-refractivity contribution is 5.29. The summed E-state index contributed by atoms with van der Waals surface area (Å²) in [7, 11) is 1.74. The molecule has 1 atom stereocenters. The molecule has 0 bridgehead atoms. The van der Waals surface area contributed by atoms with Crippen molar-refractivity contribution < 1.29 is 4.74 Å². The van der Waals surface area contributed by atoms with Crippen LogP contribution in [-0.2, 0) is 11.3 Å². The molecule has 1 aromatic rings. The lowest BCUT2D eigenvalue weighted by Crippen LogP contribution is -2.52. The Kier molecular flexibility index (Phi) is 4.30. The minimum absolute atomic E-state index is 0.426. The van der Waals surface area contributed by atoms with Crippen molar-refractivity contribution in [3.63, 3.8) is 0 Å². The van der Waals surface area contributed by atoms with Crippen molar-refractivity contribution in [2.24, 2.45) is 0 Å². The summed E-state index contributed by atoms with van der Waals surface area (Å²) in [5, 5.41) is 3.44. The van der Waals surface area contributed by atoms with Gasteiger partial charge in [-0.1, -0.05) is 6.07 Å². The molecule has 1 saturated heterocycles. The fourth-order valence-corrected chi connectivity index (χ4v) is 2.14. The second-order valence-electron chi connectivity index (χ2n) is 4.43. The molecular weight excluding hydrogens is 216 g/mol. The second kappa shape index (κ2) is 5.95. The summed E-state index contributed by atoms with van der Waals surface area (Å²) in [6, 6.07) is 4.32. The first-order chi connectivity index (χ1) is 8.28. The second-order valence-corrected chi connectivity index (χ2v) is 4.43. The predicted molar refractivity (Wildman–Crippen MR) is 67.6 cm³/mol. The van der Waals surface area contributed by atoms with Crippen molar-refractivity contribution in [3.05, 3.63) is 23.9 Å². The third-order valence-electron chi connectivity index (χ3n) is 2.96. The highest BCUT2D eigenvalue weighted by Crippen LogP contribution is 2.08. The van der Waals surface area contributed by atoms with Crippen molar-refractivity contribution in [2.75, 3.05) is 39.1 Å². The maximum absolute atomic E-state index is 5.57. The summed E-state index contributed by atoms with van der Waals surface area (Å²) >= 11 is 0. The molecule has 2 rings (SSSR count). The molecule has 1 aliphatic heterocycles. The Bertz CT molecular complexity index is 339. The third-order valence-corrected chi connectivity index (χ3v) is 2.96. The quantitative estimate of drug-likeness (QED) is 0.775. The SMILES string of the molecule is COC[C@@H]1CN(Cc2ccc(N)nc2)CCN1. The van der Waals surface area contributed by atoms with Gasteiger partial charge in [0, 0.05) is 45.5 Å². The highest BCUT2D eigenvalue weighted by atomic mass is 16.5. The Morgan fingerprint density at radius 2 is 2.47 bits per heavy atom. The molecule has 3 N–H and O–H groups in total. The molecule has 5 heteroatoms. The fourth-order valence-electron chi connectivity index (χ4n) is 2.14. The molecule has 0 aromatic carbocycles. The molecule has 0 aliphatic carbocycles. The molecule has 0 spiro atoms. The number of nitrogens with two attached hydrogens (primary N) is 1. The minimum Gasteiger partial charge on any atom is -0.384 e. The van der Waals surface area contributed by atoms with E-state index in [1.807, 2.05) is 18.3 Å². The Balaban J connectivity index is 1.87. The Morgan fingerprint density at radius 3 is 3.18 bits per heavy atom. The lowest BCUT2D eigenvalue weighted by Gasteiger charge is -2.33. The van der Waals surface area contributed by atoms with Gasteiger partial charge in [-0.15, -0.1) is 0 Å². The van der Waals surface area contributed by atoms with E-state index in [4.69, 9.17) is 10.5 Å². The highest BCUT2D eigenvalue weighted by Gasteiger charge is 2.18. The summed E-state index contributed by atoms with van der Waals surface area (Å²) in [6.45, 7) is 4.77. The zero-order chi connectivity index (χ0) is 12.1. The lowest BCUT2D eigenvalue weighted by molar-refractivity contribution is 0.112. The summed E-state index contributed by atoms with van der Waals surface area (Å²) in [5.74, 6) is 0.575. The Hall–Kier alpha value is -1.17. The number of hydrogen-bond acceptors (Lipinski definition) is 5. The summed E-state index contributed by atoms with van der Waals surface area (Å²) in [5.41, 5.74) is 6.78. The number of nitrogens with zero attached hydrogens (tertiary/aromatic N) is 2. The van der Waals surface area contributed by atoms with Gasteiger partial charge in [0.2, 0.25) is 0 Å². The number of anilines is 1. The van der Waals surface area contributed by atoms with E-state index in [9.17, 15) is 0 Å². The summed E-state index contributed by atoms with van der Waals surface area (Å²) in [6.07, 6.45) is 1.85. The maximum atomic E-state index is 5.57. The Morgan fingerprint density at radius 1 is 1.59 bits per heavy atom. The molecule has 0 amide bonds. The normalized spacial score (nSPS) is 21.6. The molecule has 5 nitrogen and oxygen atoms in total. The standard InChI is InChI=1S/C12H20N4O/c1-17-9-11-8-16(5-4-14-11)7-10-2-3-12(13)15-6-10/h2-3,6,11,14H,4-5,7-9H2,1H3,(H2,13,15)/t11-/m0/s1. The van der Waals surface area contributed by atoms with Crippen LogP contribution in [0.15, 0.2) is 18.3 Å². The molecule has 0 saturated carbocycles. The fraction of sp³-hybridized carbons (Fsp3) is 0.583. The molecule has 1 aliphatic rings. The van der Waals surface area contributed by atoms with Crippen LogP contribution in [0.25, 0.3) is 0 Å². The molecule has 17 heavy (non-hydrogen) atoms. The first kappa shape index (κ1) is 12.3. The van der Waals surface area contributed by atoms with E-state index in [2.05, 4.69) is 15.2 Å². The molecule has 94 valence electrons. The van der Waals surface area contributed by atoms with Crippen molar-refractivity contribution in [2.45, 2.75) is 12.6 Å². The maximum Gasteiger partial charge on any atom is 0.123 e. The molecule has 2 heterocycles. The van der Waals surface area contributed by atoms with Crippen molar-refractivity contribution in [1.82, 2.24) is 15.2 Å². The van der Waals surface area contributed by atoms with Gasteiger partial charge < -0.3 is 15.8 Å². The minimum atomic E-state index is 0.426. The number of methoxy groups -OCH3 is 1. The van der Waals surface area contributed by atoms with E-state index in [1.165, 1.54) is 5.56 Å². The van der Waals surface area contributed by atoms with Crippen LogP contribution >= 0.6 is 0 Å². The average molecular weight is 236 g/mol. The first-order valence-electron chi connectivity index (χ1n) is 5.93. The van der Waals surface area contributed by atoms with E-state index in [-0.39, 0.29) is 0 Å². The Labute approximate surface area is 102 Å². The number of piperazine rings is 1. The number of hydrogen-bond donors (Lipinski definition) is 2. The van der Waals surface area contributed by atoms with E-state index in [1.54, 1.807) is 7.11 Å². The van der Waals surface area contributed by atoms with E-state index in [0.29, 0.717) is 11.9 Å². The van der Waals surface area contributed by atoms with Crippen LogP contribution in [-0.4, -0.2) is 49.3 Å². The van der Waals surface area contributed by atoms with E-state index >= 15 is 0 Å². The van der Waals surface area contributed by atoms with Crippen LogP contribution in [0, 0.1) is 0 Å². The van der Waals surface area contributed by atoms with Crippen molar-refractivity contribution >= 4 is 5.82 Å². The first-order valence-corrected chi connectivity index (χ1v) is 5.93. The summed E-state index contributed by atoms with van der Waals surface area (Å²) in [4.78, 5) is 6.52. The van der Waals surface area contributed by atoms with Gasteiger partial charge in [-0.25, -0.2) is 4.98 Å². The van der Waals surface area contributed by atoms with Crippen LogP contribution in [0.4, 0.5) is 5.82 Å². The van der Waals surface area contributed by atoms with Crippen LogP contribution in [0.2, 0.25) is 0 Å². The molecule has 1 aromatic heterocycles. The predicted octanol–water partition coefficient (Wildman–Crippen LogP) is 0.0840. The molecule has 0 unspecified atom stereocenters. The molecule has 0 radical (unpaired) electrons. The van der Waals surface area contributed by atoms with Crippen molar-refractivity contribution in [3.8, 4) is 0 Å². The van der Waals surface area contributed by atoms with Gasteiger partial charge in [0.25, 0.3) is 0 Å². The number of pyridine rings is 1. The largest absolute Gasteiger partial charge is 0.384 e. The number of nitrogens with one attached hydrogen (secondary N) is 1. The van der Waals surface area contributed by atoms with E-state index in [0.717, 1.165) is 32.8 Å². The number of aromatic nitrogens is 1. The number of nitrogen functional groups attached to an aromatic ring is 1. The van der Waals surface area contributed by atoms with Crippen LogP contribution in [0.3, 0.4) is 0 Å². The van der Waals surface area contributed by atoms with Gasteiger partial charge in [-0.05, 0) is 11.6 Å². The number of ether oxygens (including phenoxy) is 1. The van der Waals surface area contributed by atoms with Crippen LogP contribution in [0.5, 0.6) is 0 Å². The molecule has 1 fully saturated rings. The van der Waals surface area contributed by atoms with Gasteiger partial charge in [0.1, 0.15) is 5.82 Å². The zero-order valence-electron chi connectivity index (χ0n) is 10.2. The smallest absolute Gasteiger partial charge is 0.123 e. The zero-order valence-corrected chi connectivity index (χ0v) is 10.2. The topological polar surface area (TPSA) is 63.4 Å². The van der Waals surface area contributed by atoms with Gasteiger partial charge in [0.15, 0.2) is 0 Å². The summed E-state index contributed by atoms with van der Waals surface area (Å²) < 4.78 is 5.18. The number of rotatable bonds is 4.